The Bertz CT molecular complexity index is 891. The van der Waals surface area contributed by atoms with Crippen LogP contribution in [-0.4, -0.2) is 65.2 Å². The van der Waals surface area contributed by atoms with E-state index in [0.717, 1.165) is 36.4 Å². The quantitative estimate of drug-likeness (QED) is 0.435. The minimum atomic E-state index is -1.82. The number of carboxylic acid groups (broad SMARTS) is 2. The minimum Gasteiger partial charge on any atom is -0.473 e. The van der Waals surface area contributed by atoms with Gasteiger partial charge in [-0.3, -0.25) is 9.69 Å². The van der Waals surface area contributed by atoms with Crippen molar-refractivity contribution in [1.82, 2.24) is 4.90 Å². The molecule has 0 atom stereocenters. The van der Waals surface area contributed by atoms with Gasteiger partial charge in [-0.2, -0.15) is 0 Å². The molecule has 1 aliphatic heterocycles. The second-order valence-corrected chi connectivity index (χ2v) is 8.37. The lowest BCUT2D eigenvalue weighted by atomic mass is 10.1. The number of rotatable bonds is 6. The summed E-state index contributed by atoms with van der Waals surface area (Å²) in [4.78, 5) is 46.2. The SMILES string of the molecule is CCOC(=O)c1c(-c2cccs2)csc1NC(=O)CN1CCCCC1.O=C(O)C(=O)O. The van der Waals surface area contributed by atoms with Crippen LogP contribution >= 0.6 is 22.7 Å². The topological polar surface area (TPSA) is 133 Å². The summed E-state index contributed by atoms with van der Waals surface area (Å²) < 4.78 is 5.21. The number of carboxylic acids is 2. The number of amides is 1. The number of aliphatic carboxylic acids is 2. The number of esters is 1. The van der Waals surface area contributed by atoms with Gasteiger partial charge >= 0.3 is 17.9 Å². The predicted octanol–water partition coefficient (Wildman–Crippen LogP) is 3.23. The molecule has 1 saturated heterocycles. The van der Waals surface area contributed by atoms with Crippen molar-refractivity contribution in [2.24, 2.45) is 0 Å². The van der Waals surface area contributed by atoms with Gasteiger partial charge in [-0.25, -0.2) is 14.4 Å². The van der Waals surface area contributed by atoms with Gasteiger partial charge in [-0.05, 0) is 44.3 Å². The third-order valence-corrected chi connectivity index (χ3v) is 6.11. The molecule has 0 radical (unpaired) electrons. The van der Waals surface area contributed by atoms with Gasteiger partial charge in [0.2, 0.25) is 5.91 Å². The Kier molecular flexibility index (Phi) is 9.63. The van der Waals surface area contributed by atoms with E-state index in [9.17, 15) is 9.59 Å². The molecule has 3 rings (SSSR count). The number of hydrogen-bond acceptors (Lipinski definition) is 8. The molecule has 9 nitrogen and oxygen atoms in total. The highest BCUT2D eigenvalue weighted by atomic mass is 32.1. The number of nitrogens with zero attached hydrogens (tertiary/aromatic N) is 1. The second-order valence-electron chi connectivity index (χ2n) is 6.55. The van der Waals surface area contributed by atoms with Crippen molar-refractivity contribution in [2.45, 2.75) is 26.2 Å². The van der Waals surface area contributed by atoms with Gasteiger partial charge in [0.1, 0.15) is 10.6 Å². The average molecular weight is 469 g/mol. The summed E-state index contributed by atoms with van der Waals surface area (Å²) in [5, 5.41) is 22.2. The number of anilines is 1. The smallest absolute Gasteiger partial charge is 0.414 e. The number of piperidine rings is 1. The van der Waals surface area contributed by atoms with E-state index in [1.165, 1.54) is 17.8 Å². The molecule has 168 valence electrons. The molecule has 0 unspecified atom stereocenters. The van der Waals surface area contributed by atoms with Gasteiger partial charge in [0.25, 0.3) is 0 Å². The fourth-order valence-corrected chi connectivity index (χ4v) is 4.74. The Balaban J connectivity index is 0.000000501. The van der Waals surface area contributed by atoms with E-state index in [4.69, 9.17) is 24.5 Å². The Hall–Kier alpha value is -2.76. The van der Waals surface area contributed by atoms with Gasteiger partial charge in [0, 0.05) is 15.8 Å². The zero-order valence-electron chi connectivity index (χ0n) is 17.0. The molecule has 3 heterocycles. The van der Waals surface area contributed by atoms with Gasteiger partial charge in [-0.1, -0.05) is 12.5 Å². The van der Waals surface area contributed by atoms with Crippen molar-refractivity contribution in [1.29, 1.82) is 0 Å². The monoisotopic (exact) mass is 468 g/mol. The lowest BCUT2D eigenvalue weighted by molar-refractivity contribution is -0.159. The summed E-state index contributed by atoms with van der Waals surface area (Å²) in [5.41, 5.74) is 1.29. The molecule has 0 aliphatic carbocycles. The molecule has 31 heavy (non-hydrogen) atoms. The number of hydrogen-bond donors (Lipinski definition) is 3. The molecule has 1 aliphatic rings. The minimum absolute atomic E-state index is 0.0768. The lowest BCUT2D eigenvalue weighted by Crippen LogP contribution is -2.36. The van der Waals surface area contributed by atoms with Crippen LogP contribution in [0.4, 0.5) is 5.00 Å². The molecule has 0 spiro atoms. The van der Waals surface area contributed by atoms with Crippen molar-refractivity contribution >= 4 is 51.5 Å². The van der Waals surface area contributed by atoms with Crippen LogP contribution in [0.3, 0.4) is 0 Å². The van der Waals surface area contributed by atoms with Crippen LogP contribution in [0.15, 0.2) is 22.9 Å². The molecule has 2 aromatic heterocycles. The Morgan fingerprint density at radius 3 is 2.32 bits per heavy atom. The second kappa shape index (κ2) is 12.2. The predicted molar refractivity (Wildman–Crippen MR) is 118 cm³/mol. The first-order valence-electron chi connectivity index (χ1n) is 9.64. The van der Waals surface area contributed by atoms with Crippen molar-refractivity contribution in [3.8, 4) is 10.4 Å². The molecule has 0 aromatic carbocycles. The summed E-state index contributed by atoms with van der Waals surface area (Å²) in [6.07, 6.45) is 3.52. The maximum Gasteiger partial charge on any atom is 0.414 e. The lowest BCUT2D eigenvalue weighted by Gasteiger charge is -2.25. The van der Waals surface area contributed by atoms with E-state index < -0.39 is 11.9 Å². The van der Waals surface area contributed by atoms with E-state index in [1.54, 1.807) is 18.3 Å². The van der Waals surface area contributed by atoms with E-state index in [1.807, 2.05) is 22.9 Å². The maximum absolute atomic E-state index is 12.4. The zero-order valence-corrected chi connectivity index (χ0v) is 18.6. The molecule has 1 amide bonds. The molecule has 0 bridgehead atoms. The van der Waals surface area contributed by atoms with Crippen molar-refractivity contribution < 1.29 is 34.1 Å². The van der Waals surface area contributed by atoms with Crippen LogP contribution in [0.25, 0.3) is 10.4 Å². The van der Waals surface area contributed by atoms with Crippen LogP contribution in [-0.2, 0) is 19.1 Å². The van der Waals surface area contributed by atoms with E-state index in [2.05, 4.69) is 10.2 Å². The van der Waals surface area contributed by atoms with Gasteiger partial charge < -0.3 is 20.3 Å². The Morgan fingerprint density at radius 2 is 1.77 bits per heavy atom. The highest BCUT2D eigenvalue weighted by molar-refractivity contribution is 7.17. The van der Waals surface area contributed by atoms with Crippen molar-refractivity contribution in [3.63, 3.8) is 0 Å². The van der Waals surface area contributed by atoms with Crippen LogP contribution in [0.1, 0.15) is 36.5 Å². The number of nitrogens with one attached hydrogen (secondary N) is 1. The molecular weight excluding hydrogens is 444 g/mol. The number of thiophene rings is 2. The molecule has 3 N–H and O–H groups in total. The number of ether oxygens (including phenoxy) is 1. The molecular formula is C20H24N2O7S2. The first kappa shape index (κ1) is 24.5. The Labute approximate surface area is 187 Å². The highest BCUT2D eigenvalue weighted by Crippen LogP contribution is 2.38. The largest absolute Gasteiger partial charge is 0.473 e. The molecule has 11 heteroatoms. The summed E-state index contributed by atoms with van der Waals surface area (Å²) >= 11 is 2.94. The standard InChI is InChI=1S/C18H22N2O3S2.C2H2O4/c1-2-23-18(22)16-13(14-7-6-10-24-14)12-25-17(16)19-15(21)11-20-8-4-3-5-9-20;3-1(4)2(5)6/h6-7,10,12H,2-5,8-9,11H2,1H3,(H,19,21);(H,3,4)(H,5,6). The summed E-state index contributed by atoms with van der Waals surface area (Å²) in [7, 11) is 0. The van der Waals surface area contributed by atoms with Crippen LogP contribution < -0.4 is 5.32 Å². The zero-order chi connectivity index (χ0) is 22.8. The third-order valence-electron chi connectivity index (χ3n) is 4.31. The first-order valence-corrected chi connectivity index (χ1v) is 11.4. The summed E-state index contributed by atoms with van der Waals surface area (Å²) in [6.45, 7) is 4.38. The summed E-state index contributed by atoms with van der Waals surface area (Å²) in [6, 6.07) is 3.91. The molecule has 1 fully saturated rings. The average Bonchev–Trinajstić information content (AvgIpc) is 3.39. The van der Waals surface area contributed by atoms with E-state index in [0.29, 0.717) is 23.7 Å². The van der Waals surface area contributed by atoms with Crippen molar-refractivity contribution in [3.05, 3.63) is 28.5 Å². The van der Waals surface area contributed by atoms with Gasteiger partial charge in [-0.15, -0.1) is 22.7 Å². The maximum atomic E-state index is 12.4. The van der Waals surface area contributed by atoms with Crippen LogP contribution in [0, 0.1) is 0 Å². The van der Waals surface area contributed by atoms with E-state index in [-0.39, 0.29) is 11.9 Å². The highest BCUT2D eigenvalue weighted by Gasteiger charge is 2.24. The normalized spacial score (nSPS) is 13.6. The molecule has 2 aromatic rings. The fraction of sp³-hybridized carbons (Fsp3) is 0.400. The Morgan fingerprint density at radius 1 is 1.10 bits per heavy atom. The van der Waals surface area contributed by atoms with Crippen LogP contribution in [0.5, 0.6) is 0 Å². The number of carbonyl (C=O) groups is 4. The molecule has 0 saturated carbocycles. The fourth-order valence-electron chi connectivity index (χ4n) is 2.96. The van der Waals surface area contributed by atoms with Crippen LogP contribution in [0.2, 0.25) is 0 Å². The number of carbonyl (C=O) groups excluding carboxylic acids is 2. The first-order chi connectivity index (χ1) is 14.8. The van der Waals surface area contributed by atoms with Gasteiger partial charge in [0.15, 0.2) is 0 Å². The van der Waals surface area contributed by atoms with Gasteiger partial charge in [0.05, 0.1) is 13.2 Å². The summed E-state index contributed by atoms with van der Waals surface area (Å²) in [5.74, 6) is -4.11. The van der Waals surface area contributed by atoms with Crippen molar-refractivity contribution in [2.75, 3.05) is 31.6 Å². The number of likely N-dealkylation sites (tertiary alicyclic amines) is 1. The third kappa shape index (κ3) is 7.46. The van der Waals surface area contributed by atoms with E-state index >= 15 is 0 Å².